The summed E-state index contributed by atoms with van der Waals surface area (Å²) in [7, 11) is 1.78. The van der Waals surface area contributed by atoms with E-state index >= 15 is 0 Å². The topological polar surface area (TPSA) is 58.1 Å². The average Bonchev–Trinajstić information content (AvgIpc) is 3.09. The number of thioether (sulfide) groups is 1. The third-order valence-electron chi connectivity index (χ3n) is 3.55. The standard InChI is InChI=1S/C18H18N4OS2/c1-13-8-10-14(11-9-13)19-17-20-21-18(25-17)24-12-16(23)22(2)15-6-4-3-5-7-15/h3-11H,12H2,1-2H3,(H,19,20). The van der Waals surface area contributed by atoms with Crippen LogP contribution in [0.25, 0.3) is 0 Å². The molecule has 0 atom stereocenters. The van der Waals surface area contributed by atoms with E-state index in [-0.39, 0.29) is 5.91 Å². The van der Waals surface area contributed by atoms with E-state index in [1.54, 1.807) is 11.9 Å². The predicted molar refractivity (Wildman–Crippen MR) is 105 cm³/mol. The van der Waals surface area contributed by atoms with Gasteiger partial charge in [-0.25, -0.2) is 0 Å². The number of hydrogen-bond donors (Lipinski definition) is 1. The van der Waals surface area contributed by atoms with E-state index in [0.717, 1.165) is 20.8 Å². The van der Waals surface area contributed by atoms with Gasteiger partial charge in [0.2, 0.25) is 11.0 Å². The van der Waals surface area contributed by atoms with Gasteiger partial charge in [0.25, 0.3) is 0 Å². The monoisotopic (exact) mass is 370 g/mol. The molecule has 0 aliphatic carbocycles. The lowest BCUT2D eigenvalue weighted by Crippen LogP contribution is -2.27. The van der Waals surface area contributed by atoms with Crippen LogP contribution in [0.5, 0.6) is 0 Å². The lowest BCUT2D eigenvalue weighted by molar-refractivity contribution is -0.115. The van der Waals surface area contributed by atoms with Crippen LogP contribution in [0.15, 0.2) is 58.9 Å². The van der Waals surface area contributed by atoms with Gasteiger partial charge in [-0.2, -0.15) is 0 Å². The van der Waals surface area contributed by atoms with Gasteiger partial charge in [-0.15, -0.1) is 10.2 Å². The second-order valence-electron chi connectivity index (χ2n) is 5.44. The first-order valence-electron chi connectivity index (χ1n) is 7.73. The smallest absolute Gasteiger partial charge is 0.237 e. The van der Waals surface area contributed by atoms with E-state index in [0.29, 0.717) is 5.75 Å². The number of para-hydroxylation sites is 1. The number of aromatic nitrogens is 2. The molecule has 7 heteroatoms. The van der Waals surface area contributed by atoms with Gasteiger partial charge >= 0.3 is 0 Å². The first kappa shape index (κ1) is 17.4. The lowest BCUT2D eigenvalue weighted by atomic mass is 10.2. The van der Waals surface area contributed by atoms with Crippen LogP contribution in [0.4, 0.5) is 16.5 Å². The molecular formula is C18H18N4OS2. The molecule has 0 saturated heterocycles. The van der Waals surface area contributed by atoms with Crippen molar-refractivity contribution in [2.24, 2.45) is 0 Å². The molecule has 0 radical (unpaired) electrons. The van der Waals surface area contributed by atoms with Gasteiger partial charge in [-0.05, 0) is 31.2 Å². The van der Waals surface area contributed by atoms with Crippen molar-refractivity contribution in [1.29, 1.82) is 0 Å². The molecule has 5 nitrogen and oxygen atoms in total. The van der Waals surface area contributed by atoms with Crippen LogP contribution in [0, 0.1) is 6.92 Å². The zero-order valence-electron chi connectivity index (χ0n) is 14.0. The van der Waals surface area contributed by atoms with Crippen LogP contribution >= 0.6 is 23.1 Å². The fraction of sp³-hybridized carbons (Fsp3) is 0.167. The van der Waals surface area contributed by atoms with Crippen molar-refractivity contribution in [2.45, 2.75) is 11.3 Å². The van der Waals surface area contributed by atoms with Crippen molar-refractivity contribution in [1.82, 2.24) is 10.2 Å². The zero-order valence-corrected chi connectivity index (χ0v) is 15.6. The summed E-state index contributed by atoms with van der Waals surface area (Å²) in [6, 6.07) is 17.7. The van der Waals surface area contributed by atoms with Gasteiger partial charge in [-0.1, -0.05) is 59.0 Å². The molecule has 2 aromatic carbocycles. The Labute approximate surface area is 155 Å². The normalized spacial score (nSPS) is 10.5. The maximum Gasteiger partial charge on any atom is 0.237 e. The summed E-state index contributed by atoms with van der Waals surface area (Å²) in [4.78, 5) is 13.9. The number of carbonyl (C=O) groups excluding carboxylic acids is 1. The summed E-state index contributed by atoms with van der Waals surface area (Å²) in [6.45, 7) is 2.05. The second-order valence-corrected chi connectivity index (χ2v) is 7.64. The van der Waals surface area contributed by atoms with Gasteiger partial charge in [-0.3, -0.25) is 4.79 Å². The van der Waals surface area contributed by atoms with E-state index in [2.05, 4.69) is 15.5 Å². The van der Waals surface area contributed by atoms with Gasteiger partial charge < -0.3 is 10.2 Å². The van der Waals surface area contributed by atoms with E-state index in [4.69, 9.17) is 0 Å². The number of aryl methyl sites for hydroxylation is 1. The summed E-state index contributed by atoms with van der Waals surface area (Å²) < 4.78 is 0.768. The fourth-order valence-corrected chi connectivity index (χ4v) is 3.78. The molecule has 0 bridgehead atoms. The third kappa shape index (κ3) is 4.80. The molecule has 1 N–H and O–H groups in total. The first-order valence-corrected chi connectivity index (χ1v) is 9.53. The quantitative estimate of drug-likeness (QED) is 0.654. The van der Waals surface area contributed by atoms with Crippen LogP contribution in [-0.4, -0.2) is 28.9 Å². The molecule has 3 rings (SSSR count). The van der Waals surface area contributed by atoms with Gasteiger partial charge in [0.15, 0.2) is 4.34 Å². The average molecular weight is 371 g/mol. The summed E-state index contributed by atoms with van der Waals surface area (Å²) in [6.07, 6.45) is 0. The van der Waals surface area contributed by atoms with Crippen LogP contribution < -0.4 is 10.2 Å². The number of carbonyl (C=O) groups is 1. The molecular weight excluding hydrogens is 352 g/mol. The molecule has 3 aromatic rings. The minimum atomic E-state index is 0.0273. The van der Waals surface area contributed by atoms with Crippen LogP contribution in [0.2, 0.25) is 0 Å². The molecule has 0 saturated carbocycles. The molecule has 1 aromatic heterocycles. The Morgan fingerprint density at radius 1 is 1.12 bits per heavy atom. The molecule has 0 fully saturated rings. The number of hydrogen-bond acceptors (Lipinski definition) is 6. The number of nitrogens with one attached hydrogen (secondary N) is 1. The molecule has 0 aliphatic heterocycles. The number of nitrogens with zero attached hydrogens (tertiary/aromatic N) is 3. The highest BCUT2D eigenvalue weighted by molar-refractivity contribution is 8.01. The molecule has 25 heavy (non-hydrogen) atoms. The Balaban J connectivity index is 1.54. The Hall–Kier alpha value is -2.38. The second kappa shape index (κ2) is 8.13. The highest BCUT2D eigenvalue weighted by atomic mass is 32.2. The van der Waals surface area contributed by atoms with Crippen LogP contribution in [-0.2, 0) is 4.79 Å². The highest BCUT2D eigenvalue weighted by Gasteiger charge is 2.13. The molecule has 128 valence electrons. The van der Waals surface area contributed by atoms with Crippen molar-refractivity contribution in [2.75, 3.05) is 23.0 Å². The van der Waals surface area contributed by atoms with Crippen molar-refractivity contribution in [3.05, 3.63) is 60.2 Å². The number of benzene rings is 2. The summed E-state index contributed by atoms with van der Waals surface area (Å²) in [5.74, 6) is 0.351. The van der Waals surface area contributed by atoms with E-state index in [1.165, 1.54) is 28.7 Å². The maximum atomic E-state index is 12.3. The molecule has 1 heterocycles. The van der Waals surface area contributed by atoms with Crippen LogP contribution in [0.3, 0.4) is 0 Å². The summed E-state index contributed by atoms with van der Waals surface area (Å²) in [5, 5.41) is 12.2. The van der Waals surface area contributed by atoms with Crippen molar-refractivity contribution < 1.29 is 4.79 Å². The summed E-state index contributed by atoms with van der Waals surface area (Å²) in [5.41, 5.74) is 3.06. The van der Waals surface area contributed by atoms with E-state index < -0.39 is 0 Å². The van der Waals surface area contributed by atoms with Crippen molar-refractivity contribution in [3.63, 3.8) is 0 Å². The summed E-state index contributed by atoms with van der Waals surface area (Å²) >= 11 is 2.84. The largest absolute Gasteiger partial charge is 0.330 e. The first-order chi connectivity index (χ1) is 12.1. The van der Waals surface area contributed by atoms with E-state index in [9.17, 15) is 4.79 Å². The Bertz CT molecular complexity index is 834. The van der Waals surface area contributed by atoms with Crippen LogP contribution in [0.1, 0.15) is 5.56 Å². The Morgan fingerprint density at radius 3 is 2.56 bits per heavy atom. The molecule has 0 spiro atoms. The predicted octanol–water partition coefficient (Wildman–Crippen LogP) is 4.35. The fourth-order valence-electron chi connectivity index (χ4n) is 2.09. The number of amides is 1. The van der Waals surface area contributed by atoms with Gasteiger partial charge in [0.05, 0.1) is 5.75 Å². The Kier molecular flexibility index (Phi) is 5.67. The van der Waals surface area contributed by atoms with Gasteiger partial charge in [0, 0.05) is 18.4 Å². The number of anilines is 3. The molecule has 1 amide bonds. The zero-order chi connectivity index (χ0) is 17.6. The van der Waals surface area contributed by atoms with Crippen molar-refractivity contribution in [3.8, 4) is 0 Å². The molecule has 0 aliphatic rings. The highest BCUT2D eigenvalue weighted by Crippen LogP contribution is 2.28. The SMILES string of the molecule is Cc1ccc(Nc2nnc(SCC(=O)N(C)c3ccccc3)s2)cc1. The lowest BCUT2D eigenvalue weighted by Gasteiger charge is -2.16. The van der Waals surface area contributed by atoms with Crippen molar-refractivity contribution >= 4 is 45.5 Å². The minimum Gasteiger partial charge on any atom is -0.330 e. The Morgan fingerprint density at radius 2 is 1.84 bits per heavy atom. The molecule has 0 unspecified atom stereocenters. The van der Waals surface area contributed by atoms with E-state index in [1.807, 2.05) is 61.5 Å². The minimum absolute atomic E-state index is 0.0273. The maximum absolute atomic E-state index is 12.3. The third-order valence-corrected chi connectivity index (χ3v) is 5.50. The van der Waals surface area contributed by atoms with Gasteiger partial charge in [0.1, 0.15) is 0 Å². The number of rotatable bonds is 6.